The first kappa shape index (κ1) is 18.3. The molecule has 0 aliphatic heterocycles. The predicted octanol–water partition coefficient (Wildman–Crippen LogP) is 5.66. The minimum Gasteiger partial charge on any atom is -0.260 e. The van der Waals surface area contributed by atoms with E-state index in [4.69, 9.17) is 0 Å². The van der Waals surface area contributed by atoms with E-state index in [9.17, 15) is 26.3 Å². The SMILES string of the molecule is CC(=CC=C(C)C(F)(F)F)C(C)c1ncccc1C(F)(F)F. The Kier molecular flexibility index (Phi) is 5.43. The van der Waals surface area contributed by atoms with Gasteiger partial charge in [-0.05, 0) is 26.0 Å². The Balaban J connectivity index is 3.15. The monoisotopic (exact) mass is 323 g/mol. The fourth-order valence-corrected chi connectivity index (χ4v) is 1.71. The van der Waals surface area contributed by atoms with Crippen LogP contribution < -0.4 is 0 Å². The number of hydrogen-bond donors (Lipinski definition) is 0. The van der Waals surface area contributed by atoms with Crippen molar-refractivity contribution in [3.63, 3.8) is 0 Å². The van der Waals surface area contributed by atoms with E-state index >= 15 is 0 Å². The van der Waals surface area contributed by atoms with Gasteiger partial charge in [0.25, 0.3) is 0 Å². The van der Waals surface area contributed by atoms with E-state index in [0.717, 1.165) is 19.1 Å². The summed E-state index contributed by atoms with van der Waals surface area (Å²) in [6, 6.07) is 2.08. The summed E-state index contributed by atoms with van der Waals surface area (Å²) in [5.74, 6) is -0.755. The van der Waals surface area contributed by atoms with Gasteiger partial charge in [-0.3, -0.25) is 4.98 Å². The summed E-state index contributed by atoms with van der Waals surface area (Å²) < 4.78 is 75.9. The van der Waals surface area contributed by atoms with E-state index in [-0.39, 0.29) is 5.69 Å². The first-order chi connectivity index (χ1) is 9.94. The molecule has 0 aliphatic carbocycles. The molecule has 0 amide bonds. The maximum absolute atomic E-state index is 12.9. The molecule has 0 N–H and O–H groups in total. The highest BCUT2D eigenvalue weighted by molar-refractivity contribution is 5.33. The molecule has 0 saturated heterocycles. The molecule has 122 valence electrons. The van der Waals surface area contributed by atoms with E-state index in [0.29, 0.717) is 5.57 Å². The number of allylic oxidation sites excluding steroid dienone is 4. The van der Waals surface area contributed by atoms with Gasteiger partial charge in [-0.2, -0.15) is 26.3 Å². The van der Waals surface area contributed by atoms with Crippen molar-refractivity contribution in [1.29, 1.82) is 0 Å². The molecule has 1 atom stereocenters. The largest absolute Gasteiger partial charge is 0.418 e. The van der Waals surface area contributed by atoms with E-state index in [1.807, 2.05) is 0 Å². The molecule has 0 aromatic carbocycles. The molecule has 1 aromatic rings. The minimum atomic E-state index is -4.56. The molecular formula is C15H15F6N. The van der Waals surface area contributed by atoms with Crippen molar-refractivity contribution in [2.75, 3.05) is 0 Å². The van der Waals surface area contributed by atoms with Crippen molar-refractivity contribution in [3.05, 3.63) is 52.9 Å². The maximum atomic E-state index is 12.9. The van der Waals surface area contributed by atoms with Gasteiger partial charge in [0, 0.05) is 17.7 Å². The number of aromatic nitrogens is 1. The Morgan fingerprint density at radius 2 is 1.68 bits per heavy atom. The summed E-state index contributed by atoms with van der Waals surface area (Å²) in [6.45, 7) is 3.84. The van der Waals surface area contributed by atoms with Crippen LogP contribution >= 0.6 is 0 Å². The third-order valence-electron chi connectivity index (χ3n) is 3.28. The van der Waals surface area contributed by atoms with Crippen LogP contribution in [0.2, 0.25) is 0 Å². The van der Waals surface area contributed by atoms with Crippen LogP contribution in [0.5, 0.6) is 0 Å². The number of hydrogen-bond acceptors (Lipinski definition) is 1. The van der Waals surface area contributed by atoms with Crippen molar-refractivity contribution in [1.82, 2.24) is 4.98 Å². The van der Waals surface area contributed by atoms with Crippen LogP contribution in [0.4, 0.5) is 26.3 Å². The highest BCUT2D eigenvalue weighted by atomic mass is 19.4. The number of nitrogens with zero attached hydrogens (tertiary/aromatic N) is 1. The summed E-state index contributed by atoms with van der Waals surface area (Å²) >= 11 is 0. The molecule has 0 saturated carbocycles. The molecule has 1 nitrogen and oxygen atoms in total. The van der Waals surface area contributed by atoms with Gasteiger partial charge in [0.2, 0.25) is 0 Å². The Morgan fingerprint density at radius 3 is 2.18 bits per heavy atom. The van der Waals surface area contributed by atoms with Gasteiger partial charge < -0.3 is 0 Å². The van der Waals surface area contributed by atoms with E-state index < -0.39 is 29.4 Å². The van der Waals surface area contributed by atoms with Crippen LogP contribution in [0.25, 0.3) is 0 Å². The number of rotatable bonds is 3. The summed E-state index contributed by atoms with van der Waals surface area (Å²) in [5, 5.41) is 0. The molecular weight excluding hydrogens is 308 g/mol. The average molecular weight is 323 g/mol. The van der Waals surface area contributed by atoms with Crippen molar-refractivity contribution in [3.8, 4) is 0 Å². The van der Waals surface area contributed by atoms with Gasteiger partial charge in [-0.25, -0.2) is 0 Å². The lowest BCUT2D eigenvalue weighted by Gasteiger charge is -2.17. The third-order valence-corrected chi connectivity index (χ3v) is 3.28. The molecule has 0 radical (unpaired) electrons. The van der Waals surface area contributed by atoms with Crippen LogP contribution in [-0.2, 0) is 6.18 Å². The summed E-state index contributed by atoms with van der Waals surface area (Å²) in [5.41, 5.74) is -1.56. The molecule has 22 heavy (non-hydrogen) atoms. The van der Waals surface area contributed by atoms with Crippen LogP contribution in [0.1, 0.15) is 37.9 Å². The predicted molar refractivity (Wildman–Crippen MR) is 71.2 cm³/mol. The van der Waals surface area contributed by atoms with E-state index in [1.165, 1.54) is 32.2 Å². The smallest absolute Gasteiger partial charge is 0.260 e. The summed E-state index contributed by atoms with van der Waals surface area (Å²) in [7, 11) is 0. The maximum Gasteiger partial charge on any atom is 0.418 e. The lowest BCUT2D eigenvalue weighted by Crippen LogP contribution is -2.13. The quantitative estimate of drug-likeness (QED) is 0.517. The number of halogens is 6. The van der Waals surface area contributed by atoms with Crippen LogP contribution in [0.15, 0.2) is 41.6 Å². The van der Waals surface area contributed by atoms with Crippen molar-refractivity contribution in [2.45, 2.75) is 39.0 Å². The summed E-state index contributed by atoms with van der Waals surface area (Å²) in [4.78, 5) is 3.74. The van der Waals surface area contributed by atoms with E-state index in [1.54, 1.807) is 0 Å². The fraction of sp³-hybridized carbons (Fsp3) is 0.400. The zero-order valence-electron chi connectivity index (χ0n) is 12.2. The van der Waals surface area contributed by atoms with Gasteiger partial charge >= 0.3 is 12.4 Å². The van der Waals surface area contributed by atoms with Gasteiger partial charge in [-0.15, -0.1) is 0 Å². The molecule has 7 heteroatoms. The number of pyridine rings is 1. The summed E-state index contributed by atoms with van der Waals surface area (Å²) in [6.07, 6.45) is -5.77. The first-order valence-corrected chi connectivity index (χ1v) is 6.39. The second-order valence-electron chi connectivity index (χ2n) is 4.91. The first-order valence-electron chi connectivity index (χ1n) is 6.39. The standard InChI is InChI=1S/C15H15F6N/c1-9(6-7-10(2)14(16,17)18)11(3)13-12(15(19,20)21)5-4-8-22-13/h4-8,11H,1-3H3. The molecule has 1 aromatic heterocycles. The third kappa shape index (κ3) is 4.61. The number of alkyl halides is 6. The van der Waals surface area contributed by atoms with Crippen molar-refractivity contribution >= 4 is 0 Å². The van der Waals surface area contributed by atoms with Gasteiger partial charge in [0.05, 0.1) is 11.3 Å². The molecule has 1 heterocycles. The Morgan fingerprint density at radius 1 is 1.09 bits per heavy atom. The highest BCUT2D eigenvalue weighted by Gasteiger charge is 2.35. The molecule has 1 unspecified atom stereocenters. The minimum absolute atomic E-state index is 0.207. The van der Waals surface area contributed by atoms with Crippen LogP contribution in [-0.4, -0.2) is 11.2 Å². The average Bonchev–Trinajstić information content (AvgIpc) is 2.41. The second-order valence-corrected chi connectivity index (χ2v) is 4.91. The fourth-order valence-electron chi connectivity index (χ4n) is 1.71. The lowest BCUT2D eigenvalue weighted by molar-refractivity contribution is -0.138. The molecule has 0 fully saturated rings. The molecule has 0 bridgehead atoms. The van der Waals surface area contributed by atoms with Crippen LogP contribution in [0, 0.1) is 0 Å². The lowest BCUT2D eigenvalue weighted by atomic mass is 9.94. The highest BCUT2D eigenvalue weighted by Crippen LogP contribution is 2.36. The van der Waals surface area contributed by atoms with Gasteiger partial charge in [0.1, 0.15) is 0 Å². The zero-order chi connectivity index (χ0) is 17.1. The van der Waals surface area contributed by atoms with Crippen molar-refractivity contribution in [2.24, 2.45) is 0 Å². The molecule has 1 rings (SSSR count). The van der Waals surface area contributed by atoms with Gasteiger partial charge in [-0.1, -0.05) is 24.6 Å². The zero-order valence-corrected chi connectivity index (χ0v) is 12.2. The van der Waals surface area contributed by atoms with E-state index in [2.05, 4.69) is 4.98 Å². The Labute approximate surface area is 124 Å². The van der Waals surface area contributed by atoms with Crippen molar-refractivity contribution < 1.29 is 26.3 Å². The Bertz CT molecular complexity index is 580. The Hall–Kier alpha value is -1.79. The van der Waals surface area contributed by atoms with Crippen LogP contribution in [0.3, 0.4) is 0 Å². The normalized spacial score (nSPS) is 15.9. The topological polar surface area (TPSA) is 12.9 Å². The molecule has 0 spiro atoms. The van der Waals surface area contributed by atoms with Gasteiger partial charge in [0.15, 0.2) is 0 Å². The molecule has 0 aliphatic rings. The second kappa shape index (κ2) is 6.54.